The van der Waals surface area contributed by atoms with Crippen molar-refractivity contribution in [2.24, 2.45) is 0 Å². The maximum Gasteiger partial charge on any atom is 0.293 e. The van der Waals surface area contributed by atoms with Gasteiger partial charge >= 0.3 is 0 Å². The molecule has 0 radical (unpaired) electrons. The molecule has 0 saturated heterocycles. The molecule has 0 aromatic heterocycles. The minimum Gasteiger partial charge on any atom is -0.270 e. The van der Waals surface area contributed by atoms with Gasteiger partial charge in [-0.3, -0.25) is 29.9 Å². The molecule has 134 valence electrons. The third-order valence-corrected chi connectivity index (χ3v) is 3.84. The van der Waals surface area contributed by atoms with Crippen LogP contribution in [0.2, 0.25) is 0 Å². The van der Waals surface area contributed by atoms with E-state index in [1.54, 1.807) is 36.4 Å². The van der Waals surface area contributed by atoms with E-state index in [0.717, 1.165) is 6.07 Å². The topological polar surface area (TPSA) is 107 Å². The van der Waals surface area contributed by atoms with Crippen molar-refractivity contribution in [2.75, 3.05) is 4.90 Å². The number of carbonyl (C=O) groups is 1. The lowest BCUT2D eigenvalue weighted by atomic mass is 10.1. The first-order valence-corrected chi connectivity index (χ1v) is 7.86. The average Bonchev–Trinajstić information content (AvgIpc) is 2.69. The summed E-state index contributed by atoms with van der Waals surface area (Å²) in [7, 11) is 0. The second kappa shape index (κ2) is 7.44. The lowest BCUT2D eigenvalue weighted by Gasteiger charge is -2.22. The van der Waals surface area contributed by atoms with Crippen molar-refractivity contribution in [3.8, 4) is 0 Å². The average molecular weight is 363 g/mol. The van der Waals surface area contributed by atoms with Crippen LogP contribution in [0.15, 0.2) is 78.9 Å². The minimum atomic E-state index is -0.612. The van der Waals surface area contributed by atoms with Crippen LogP contribution in [0, 0.1) is 20.2 Å². The summed E-state index contributed by atoms with van der Waals surface area (Å²) in [5.74, 6) is -0.612. The summed E-state index contributed by atoms with van der Waals surface area (Å²) in [4.78, 5) is 35.6. The number of non-ortho nitro benzene ring substituents is 1. The zero-order valence-electron chi connectivity index (χ0n) is 13.9. The molecule has 3 rings (SSSR count). The van der Waals surface area contributed by atoms with Crippen molar-refractivity contribution in [2.45, 2.75) is 0 Å². The molecule has 1 amide bonds. The summed E-state index contributed by atoms with van der Waals surface area (Å²) >= 11 is 0. The quantitative estimate of drug-likeness (QED) is 0.490. The van der Waals surface area contributed by atoms with Gasteiger partial charge < -0.3 is 0 Å². The standard InChI is InChI=1S/C19H13N3O5/c23-19(14-7-6-10-16(13-14)21(24)25)20(15-8-2-1-3-9-15)17-11-4-5-12-18(17)22(26)27/h1-13H. The maximum absolute atomic E-state index is 13.2. The molecule has 0 bridgehead atoms. The minimum absolute atomic E-state index is 0.0474. The predicted octanol–water partition coefficient (Wildman–Crippen LogP) is 4.48. The van der Waals surface area contributed by atoms with E-state index in [1.807, 2.05) is 0 Å². The molecule has 3 aromatic rings. The van der Waals surface area contributed by atoms with E-state index in [2.05, 4.69) is 0 Å². The molecule has 0 saturated carbocycles. The van der Waals surface area contributed by atoms with Gasteiger partial charge in [-0.1, -0.05) is 36.4 Å². The third-order valence-electron chi connectivity index (χ3n) is 3.84. The predicted molar refractivity (Wildman–Crippen MR) is 99.1 cm³/mol. The molecule has 0 atom stereocenters. The number of amides is 1. The van der Waals surface area contributed by atoms with Gasteiger partial charge in [-0.05, 0) is 24.3 Å². The maximum atomic E-state index is 13.2. The lowest BCUT2D eigenvalue weighted by Crippen LogP contribution is -2.26. The fraction of sp³-hybridized carbons (Fsp3) is 0. The first-order valence-electron chi connectivity index (χ1n) is 7.86. The van der Waals surface area contributed by atoms with Crippen LogP contribution in [0.25, 0.3) is 0 Å². The fourth-order valence-corrected chi connectivity index (χ4v) is 2.63. The summed E-state index contributed by atoms with van der Waals surface area (Å²) < 4.78 is 0. The second-order valence-electron chi connectivity index (χ2n) is 5.53. The summed E-state index contributed by atoms with van der Waals surface area (Å²) in [5, 5.41) is 22.5. The van der Waals surface area contributed by atoms with Gasteiger partial charge in [-0.15, -0.1) is 0 Å². The van der Waals surface area contributed by atoms with Gasteiger partial charge in [-0.25, -0.2) is 0 Å². The molecule has 0 aliphatic carbocycles. The largest absolute Gasteiger partial charge is 0.293 e. The van der Waals surface area contributed by atoms with E-state index < -0.39 is 15.8 Å². The number of hydrogen-bond donors (Lipinski definition) is 0. The fourth-order valence-electron chi connectivity index (χ4n) is 2.63. The molecule has 8 heteroatoms. The Morgan fingerprint density at radius 3 is 2.11 bits per heavy atom. The number of nitro benzene ring substituents is 2. The summed E-state index contributed by atoms with van der Waals surface area (Å²) in [6.45, 7) is 0. The highest BCUT2D eigenvalue weighted by Crippen LogP contribution is 2.35. The van der Waals surface area contributed by atoms with Crippen molar-refractivity contribution in [1.29, 1.82) is 0 Å². The van der Waals surface area contributed by atoms with Crippen molar-refractivity contribution in [1.82, 2.24) is 0 Å². The van der Waals surface area contributed by atoms with E-state index in [-0.39, 0.29) is 22.6 Å². The molecule has 0 heterocycles. The van der Waals surface area contributed by atoms with Crippen LogP contribution in [-0.4, -0.2) is 15.8 Å². The zero-order chi connectivity index (χ0) is 19.4. The Labute approximate surface area is 153 Å². The van der Waals surface area contributed by atoms with Crippen LogP contribution in [0.4, 0.5) is 22.7 Å². The number of carbonyl (C=O) groups excluding carboxylic acids is 1. The Morgan fingerprint density at radius 1 is 0.778 bits per heavy atom. The van der Waals surface area contributed by atoms with Gasteiger partial charge in [0.1, 0.15) is 5.69 Å². The van der Waals surface area contributed by atoms with Crippen LogP contribution in [-0.2, 0) is 0 Å². The Bertz CT molecular complexity index is 1020. The van der Waals surface area contributed by atoms with Crippen molar-refractivity contribution in [3.05, 3.63) is 105 Å². The van der Waals surface area contributed by atoms with Crippen LogP contribution < -0.4 is 4.90 Å². The first-order chi connectivity index (χ1) is 13.0. The number of anilines is 2. The number of nitrogens with zero attached hydrogens (tertiary/aromatic N) is 3. The molecular formula is C19H13N3O5. The van der Waals surface area contributed by atoms with Crippen LogP contribution in [0.3, 0.4) is 0 Å². The lowest BCUT2D eigenvalue weighted by molar-refractivity contribution is -0.384. The molecular weight excluding hydrogens is 350 g/mol. The highest BCUT2D eigenvalue weighted by molar-refractivity contribution is 6.12. The molecule has 0 N–H and O–H groups in total. The normalized spacial score (nSPS) is 10.2. The van der Waals surface area contributed by atoms with Gasteiger partial charge in [-0.2, -0.15) is 0 Å². The Balaban J connectivity index is 2.18. The molecule has 0 spiro atoms. The molecule has 0 aliphatic heterocycles. The Hall–Kier alpha value is -4.07. The zero-order valence-corrected chi connectivity index (χ0v) is 13.9. The second-order valence-corrected chi connectivity index (χ2v) is 5.53. The smallest absolute Gasteiger partial charge is 0.270 e. The van der Waals surface area contributed by atoms with E-state index in [0.29, 0.717) is 5.69 Å². The Kier molecular flexibility index (Phi) is 4.89. The van der Waals surface area contributed by atoms with Gasteiger partial charge in [0.05, 0.1) is 9.85 Å². The number of nitro groups is 2. The third kappa shape index (κ3) is 3.64. The molecule has 8 nitrogen and oxygen atoms in total. The van der Waals surface area contributed by atoms with Gasteiger partial charge in [0.2, 0.25) is 0 Å². The summed E-state index contributed by atoms with van der Waals surface area (Å²) in [6, 6.07) is 19.5. The molecule has 3 aromatic carbocycles. The number of rotatable bonds is 5. The van der Waals surface area contributed by atoms with Crippen molar-refractivity contribution >= 4 is 28.7 Å². The number of hydrogen-bond acceptors (Lipinski definition) is 5. The molecule has 27 heavy (non-hydrogen) atoms. The van der Waals surface area contributed by atoms with Gasteiger partial charge in [0.25, 0.3) is 17.3 Å². The molecule has 0 aliphatic rings. The highest BCUT2D eigenvalue weighted by Gasteiger charge is 2.27. The van der Waals surface area contributed by atoms with Gasteiger partial charge in [0.15, 0.2) is 0 Å². The van der Waals surface area contributed by atoms with E-state index in [4.69, 9.17) is 0 Å². The van der Waals surface area contributed by atoms with Crippen LogP contribution >= 0.6 is 0 Å². The van der Waals surface area contributed by atoms with Crippen LogP contribution in [0.1, 0.15) is 10.4 Å². The highest BCUT2D eigenvalue weighted by atomic mass is 16.6. The summed E-state index contributed by atoms with van der Waals surface area (Å²) in [5.41, 5.74) is 0.0382. The van der Waals surface area contributed by atoms with Crippen molar-refractivity contribution < 1.29 is 14.6 Å². The first kappa shape index (κ1) is 17.7. The van der Waals surface area contributed by atoms with E-state index >= 15 is 0 Å². The molecule has 0 fully saturated rings. The summed E-state index contributed by atoms with van der Waals surface area (Å²) in [6.07, 6.45) is 0. The SMILES string of the molecule is O=C(c1cccc([N+](=O)[O-])c1)N(c1ccccc1)c1ccccc1[N+](=O)[O-]. The van der Waals surface area contributed by atoms with E-state index in [9.17, 15) is 25.0 Å². The van der Waals surface area contributed by atoms with Crippen molar-refractivity contribution in [3.63, 3.8) is 0 Å². The Morgan fingerprint density at radius 2 is 1.44 bits per heavy atom. The number of para-hydroxylation sites is 3. The van der Waals surface area contributed by atoms with Gasteiger partial charge in [0, 0.05) is 29.4 Å². The monoisotopic (exact) mass is 363 g/mol. The molecule has 0 unspecified atom stereocenters. The number of benzene rings is 3. The van der Waals surface area contributed by atoms with Crippen LogP contribution in [0.5, 0.6) is 0 Å². The van der Waals surface area contributed by atoms with E-state index in [1.165, 1.54) is 41.3 Å².